The second kappa shape index (κ2) is 13.8. The number of aliphatic carboxylic acids is 1. The monoisotopic (exact) mass is 545 g/mol. The van der Waals surface area contributed by atoms with Gasteiger partial charge in [-0.3, -0.25) is 9.59 Å². The van der Waals surface area contributed by atoms with Crippen molar-refractivity contribution in [1.29, 1.82) is 0 Å². The highest BCUT2D eigenvalue weighted by atomic mass is 19.4. The van der Waals surface area contributed by atoms with Gasteiger partial charge in [0.1, 0.15) is 18.2 Å². The Hall–Kier alpha value is -3.88. The molecule has 0 aliphatic heterocycles. The van der Waals surface area contributed by atoms with E-state index in [2.05, 4.69) is 12.2 Å². The van der Waals surface area contributed by atoms with Crippen LogP contribution in [0, 0.1) is 5.82 Å². The van der Waals surface area contributed by atoms with Crippen LogP contribution in [0.1, 0.15) is 61.4 Å². The molecule has 3 aromatic carbocycles. The topological polar surface area (TPSA) is 75.6 Å². The molecule has 0 bridgehead atoms. The summed E-state index contributed by atoms with van der Waals surface area (Å²) in [7, 11) is 0. The molecule has 0 aromatic heterocycles. The summed E-state index contributed by atoms with van der Waals surface area (Å²) in [6.45, 7) is 2.42. The normalized spacial score (nSPS) is 12.1. The van der Waals surface area contributed by atoms with Crippen molar-refractivity contribution >= 4 is 17.4 Å². The molecule has 1 atom stereocenters. The van der Waals surface area contributed by atoms with Gasteiger partial charge in [0.05, 0.1) is 11.6 Å². The van der Waals surface area contributed by atoms with Crippen LogP contribution in [0.25, 0.3) is 11.1 Å². The molecule has 39 heavy (non-hydrogen) atoms. The van der Waals surface area contributed by atoms with Crippen molar-refractivity contribution in [2.75, 3.05) is 11.9 Å². The molecule has 3 rings (SSSR count). The van der Waals surface area contributed by atoms with E-state index in [4.69, 9.17) is 9.84 Å². The van der Waals surface area contributed by atoms with Gasteiger partial charge in [-0.15, -0.1) is 0 Å². The molecule has 0 aliphatic carbocycles. The number of rotatable bonds is 14. The fourth-order valence-electron chi connectivity index (χ4n) is 4.03. The van der Waals surface area contributed by atoms with Crippen molar-refractivity contribution in [3.63, 3.8) is 0 Å². The smallest absolute Gasteiger partial charge is 0.416 e. The van der Waals surface area contributed by atoms with Crippen LogP contribution in [0.5, 0.6) is 5.75 Å². The summed E-state index contributed by atoms with van der Waals surface area (Å²) in [5.41, 5.74) is 0.811. The Morgan fingerprint density at radius 1 is 0.949 bits per heavy atom. The lowest BCUT2D eigenvalue weighted by atomic mass is 10.0. The van der Waals surface area contributed by atoms with Crippen LogP contribution < -0.4 is 10.1 Å². The van der Waals surface area contributed by atoms with Gasteiger partial charge < -0.3 is 15.2 Å². The number of ether oxygens (including phenoxy) is 1. The predicted molar refractivity (Wildman–Crippen MR) is 142 cm³/mol. The maximum atomic E-state index is 14.3. The highest BCUT2D eigenvalue weighted by Crippen LogP contribution is 2.33. The second-order valence-corrected chi connectivity index (χ2v) is 9.26. The van der Waals surface area contributed by atoms with Gasteiger partial charge in [-0.05, 0) is 66.9 Å². The largest absolute Gasteiger partial charge is 0.491 e. The third-order valence-electron chi connectivity index (χ3n) is 6.19. The molecule has 0 unspecified atom stereocenters. The number of Topliss-reactive ketones (excluding diaryl/α,β-unsaturated/α-hetero) is 1. The summed E-state index contributed by atoms with van der Waals surface area (Å²) in [6.07, 6.45) is -1.38. The van der Waals surface area contributed by atoms with Crippen molar-refractivity contribution in [2.24, 2.45) is 0 Å². The zero-order chi connectivity index (χ0) is 28.4. The molecule has 0 spiro atoms. The van der Waals surface area contributed by atoms with E-state index in [1.807, 2.05) is 0 Å². The molecule has 0 fully saturated rings. The number of carbonyl (C=O) groups excluding carboxylic acids is 1. The molecular formula is C30H31F4NO4. The van der Waals surface area contributed by atoms with Crippen LogP contribution in [0.2, 0.25) is 0 Å². The fourth-order valence-corrected chi connectivity index (χ4v) is 4.03. The molecule has 208 valence electrons. The Morgan fingerprint density at radius 3 is 2.23 bits per heavy atom. The number of carboxylic acid groups (broad SMARTS) is 1. The summed E-state index contributed by atoms with van der Waals surface area (Å²) < 4.78 is 58.7. The van der Waals surface area contributed by atoms with Gasteiger partial charge in [0.15, 0.2) is 5.78 Å². The van der Waals surface area contributed by atoms with Gasteiger partial charge >= 0.3 is 12.1 Å². The summed E-state index contributed by atoms with van der Waals surface area (Å²) >= 11 is 0. The first-order valence-corrected chi connectivity index (χ1v) is 12.8. The molecule has 3 aromatic rings. The highest BCUT2D eigenvalue weighted by Gasteiger charge is 2.31. The van der Waals surface area contributed by atoms with E-state index in [1.54, 1.807) is 48.5 Å². The summed E-state index contributed by atoms with van der Waals surface area (Å²) in [4.78, 5) is 22.9. The van der Waals surface area contributed by atoms with Gasteiger partial charge in [-0.25, -0.2) is 4.39 Å². The lowest BCUT2D eigenvalue weighted by Gasteiger charge is -2.21. The van der Waals surface area contributed by atoms with E-state index in [1.165, 1.54) is 0 Å². The molecule has 0 amide bonds. The first-order chi connectivity index (χ1) is 18.6. The number of nitrogens with one attached hydrogen (secondary N) is 1. The molecule has 0 radical (unpaired) electrons. The average Bonchev–Trinajstić information content (AvgIpc) is 2.90. The van der Waals surface area contributed by atoms with Crippen LogP contribution in [-0.4, -0.2) is 29.5 Å². The van der Waals surface area contributed by atoms with Crippen molar-refractivity contribution in [2.45, 2.75) is 57.7 Å². The molecule has 0 heterocycles. The number of carboxylic acids is 1. The van der Waals surface area contributed by atoms with E-state index in [0.717, 1.165) is 37.1 Å². The van der Waals surface area contributed by atoms with E-state index >= 15 is 0 Å². The van der Waals surface area contributed by atoms with Crippen molar-refractivity contribution in [3.8, 4) is 16.9 Å². The number of benzene rings is 3. The number of hydrogen-bond donors (Lipinski definition) is 2. The Kier molecular flexibility index (Phi) is 10.5. The minimum atomic E-state index is -4.61. The molecular weight excluding hydrogens is 514 g/mol. The van der Waals surface area contributed by atoms with E-state index < -0.39 is 23.5 Å². The Bertz CT molecular complexity index is 1240. The Labute approximate surface area is 224 Å². The summed E-state index contributed by atoms with van der Waals surface area (Å²) in [5, 5.41) is 12.1. The van der Waals surface area contributed by atoms with E-state index in [9.17, 15) is 27.2 Å². The van der Waals surface area contributed by atoms with Gasteiger partial charge in [0.25, 0.3) is 0 Å². The lowest BCUT2D eigenvalue weighted by Crippen LogP contribution is -2.27. The quantitative estimate of drug-likeness (QED) is 0.159. The van der Waals surface area contributed by atoms with Crippen LogP contribution in [0.4, 0.5) is 23.2 Å². The van der Waals surface area contributed by atoms with Crippen LogP contribution in [0.3, 0.4) is 0 Å². The molecule has 9 heteroatoms. The maximum absolute atomic E-state index is 14.3. The molecule has 0 aliphatic rings. The third kappa shape index (κ3) is 9.12. The molecule has 0 saturated carbocycles. The van der Waals surface area contributed by atoms with Crippen molar-refractivity contribution in [1.82, 2.24) is 0 Å². The molecule has 0 saturated heterocycles. The minimum absolute atomic E-state index is 0.0332. The number of carbonyl (C=O) groups is 2. The maximum Gasteiger partial charge on any atom is 0.416 e. The van der Waals surface area contributed by atoms with Crippen LogP contribution in [0.15, 0.2) is 66.7 Å². The van der Waals surface area contributed by atoms with Gasteiger partial charge in [0, 0.05) is 29.7 Å². The van der Waals surface area contributed by atoms with Crippen molar-refractivity contribution in [3.05, 3.63) is 83.7 Å². The molecule has 5 nitrogen and oxygen atoms in total. The third-order valence-corrected chi connectivity index (χ3v) is 6.19. The molecule has 2 N–H and O–H groups in total. The first kappa shape index (κ1) is 29.7. The standard InChI is InChI=1S/C30H31F4NO4/c1-2-3-5-24(35-23-13-8-21(9-14-23)28(36)6-4-7-29(37)38)19-39-25-15-10-20(11-16-25)26-17-12-22(18-27(26)31)30(32,33)34/h8-18,24,35H,2-7,19H2,1H3,(H,37,38)/t24-/m0/s1. The summed E-state index contributed by atoms with van der Waals surface area (Å²) in [5.74, 6) is -1.44. The van der Waals surface area contributed by atoms with Gasteiger partial charge in [-0.2, -0.15) is 13.2 Å². The number of anilines is 1. The van der Waals surface area contributed by atoms with E-state index in [0.29, 0.717) is 36.0 Å². The number of hydrogen-bond acceptors (Lipinski definition) is 4. The number of alkyl halides is 3. The van der Waals surface area contributed by atoms with Crippen LogP contribution >= 0.6 is 0 Å². The highest BCUT2D eigenvalue weighted by molar-refractivity contribution is 5.96. The zero-order valence-electron chi connectivity index (χ0n) is 21.6. The SMILES string of the molecule is CCCC[C@@H](COc1ccc(-c2ccc(C(F)(F)F)cc2F)cc1)Nc1ccc(C(=O)CCCC(=O)O)cc1. The second-order valence-electron chi connectivity index (χ2n) is 9.26. The number of unbranched alkanes of at least 4 members (excludes halogenated alkanes) is 1. The number of ketones is 1. The fraction of sp³-hybridized carbons (Fsp3) is 0.333. The lowest BCUT2D eigenvalue weighted by molar-refractivity contribution is -0.138. The Morgan fingerprint density at radius 2 is 1.64 bits per heavy atom. The number of halogens is 4. The van der Waals surface area contributed by atoms with E-state index in [-0.39, 0.29) is 30.2 Å². The van der Waals surface area contributed by atoms with Gasteiger partial charge in [-0.1, -0.05) is 38.0 Å². The zero-order valence-corrected chi connectivity index (χ0v) is 21.6. The average molecular weight is 546 g/mol. The summed E-state index contributed by atoms with van der Waals surface area (Å²) in [6, 6.07) is 16.0. The minimum Gasteiger partial charge on any atom is -0.491 e. The Balaban J connectivity index is 1.59. The van der Waals surface area contributed by atoms with Crippen molar-refractivity contribution < 1.29 is 37.0 Å². The first-order valence-electron chi connectivity index (χ1n) is 12.8. The van der Waals surface area contributed by atoms with Crippen LogP contribution in [-0.2, 0) is 11.0 Å². The predicted octanol–water partition coefficient (Wildman–Crippen LogP) is 8.00. The van der Waals surface area contributed by atoms with Gasteiger partial charge in [0.2, 0.25) is 0 Å².